The standard InChI is InChI=1S/C20H20BrN3O4/c1-4-24(20(25)13-5-8-15(21)9-6-13)12-18-22-19(23-28-18)14-7-10-16(26-2)17(11-14)27-3/h5-11H,4,12H2,1-3H3. The summed E-state index contributed by atoms with van der Waals surface area (Å²) in [5.74, 6) is 1.88. The lowest BCUT2D eigenvalue weighted by molar-refractivity contribution is 0.0734. The molecule has 0 aliphatic rings. The van der Waals surface area contributed by atoms with Crippen molar-refractivity contribution in [1.29, 1.82) is 0 Å². The fourth-order valence-corrected chi connectivity index (χ4v) is 2.94. The van der Waals surface area contributed by atoms with Gasteiger partial charge in [0.1, 0.15) is 6.54 Å². The van der Waals surface area contributed by atoms with Crippen LogP contribution in [-0.4, -0.2) is 41.7 Å². The molecule has 146 valence electrons. The van der Waals surface area contributed by atoms with Gasteiger partial charge in [0.2, 0.25) is 11.7 Å². The van der Waals surface area contributed by atoms with E-state index in [0.29, 0.717) is 35.3 Å². The summed E-state index contributed by atoms with van der Waals surface area (Å²) in [4.78, 5) is 18.8. The maximum absolute atomic E-state index is 12.7. The van der Waals surface area contributed by atoms with Crippen molar-refractivity contribution in [3.05, 3.63) is 58.4 Å². The van der Waals surface area contributed by atoms with Gasteiger partial charge in [-0.15, -0.1) is 0 Å². The van der Waals surface area contributed by atoms with Crippen LogP contribution in [0.3, 0.4) is 0 Å². The summed E-state index contributed by atoms with van der Waals surface area (Å²) in [5, 5.41) is 4.02. The number of hydrogen-bond acceptors (Lipinski definition) is 6. The van der Waals surface area contributed by atoms with Gasteiger partial charge in [-0.05, 0) is 49.4 Å². The second-order valence-corrected chi connectivity index (χ2v) is 6.82. The molecule has 2 aromatic carbocycles. The fourth-order valence-electron chi connectivity index (χ4n) is 2.68. The molecular weight excluding hydrogens is 426 g/mol. The Labute approximate surface area is 171 Å². The predicted molar refractivity (Wildman–Crippen MR) is 107 cm³/mol. The molecule has 0 aliphatic heterocycles. The normalized spacial score (nSPS) is 10.6. The lowest BCUT2D eigenvalue weighted by Gasteiger charge is -2.18. The van der Waals surface area contributed by atoms with Gasteiger partial charge in [-0.2, -0.15) is 4.98 Å². The topological polar surface area (TPSA) is 77.7 Å². The van der Waals surface area contributed by atoms with Crippen LogP contribution in [0.2, 0.25) is 0 Å². The highest BCUT2D eigenvalue weighted by atomic mass is 79.9. The minimum atomic E-state index is -0.0964. The Kier molecular flexibility index (Phi) is 6.30. The molecule has 0 radical (unpaired) electrons. The summed E-state index contributed by atoms with van der Waals surface area (Å²) in [7, 11) is 3.14. The van der Waals surface area contributed by atoms with E-state index in [1.165, 1.54) is 0 Å². The first kappa shape index (κ1) is 19.9. The summed E-state index contributed by atoms with van der Waals surface area (Å²) in [6.07, 6.45) is 0. The van der Waals surface area contributed by atoms with Crippen molar-refractivity contribution < 1.29 is 18.8 Å². The third-order valence-corrected chi connectivity index (χ3v) is 4.72. The van der Waals surface area contributed by atoms with Gasteiger partial charge in [-0.3, -0.25) is 4.79 Å². The van der Waals surface area contributed by atoms with Crippen LogP contribution in [0.25, 0.3) is 11.4 Å². The number of halogens is 1. The number of hydrogen-bond donors (Lipinski definition) is 0. The van der Waals surface area contributed by atoms with Crippen molar-refractivity contribution in [3.63, 3.8) is 0 Å². The second kappa shape index (κ2) is 8.88. The first-order valence-electron chi connectivity index (χ1n) is 8.65. The van der Waals surface area contributed by atoms with Crippen LogP contribution in [0.4, 0.5) is 0 Å². The molecule has 0 atom stereocenters. The summed E-state index contributed by atoms with van der Waals surface area (Å²) < 4.78 is 16.8. The first-order valence-corrected chi connectivity index (χ1v) is 9.44. The summed E-state index contributed by atoms with van der Waals surface area (Å²) in [6, 6.07) is 12.6. The van der Waals surface area contributed by atoms with Gasteiger partial charge in [0.05, 0.1) is 14.2 Å². The highest BCUT2D eigenvalue weighted by molar-refractivity contribution is 9.10. The summed E-state index contributed by atoms with van der Waals surface area (Å²) in [5.41, 5.74) is 1.33. The van der Waals surface area contributed by atoms with Crippen LogP contribution in [0.15, 0.2) is 51.5 Å². The smallest absolute Gasteiger partial charge is 0.254 e. The van der Waals surface area contributed by atoms with Gasteiger partial charge >= 0.3 is 0 Å². The van der Waals surface area contributed by atoms with E-state index in [4.69, 9.17) is 14.0 Å². The Bertz CT molecular complexity index is 956. The molecule has 0 saturated carbocycles. The summed E-state index contributed by atoms with van der Waals surface area (Å²) in [6.45, 7) is 2.65. The number of benzene rings is 2. The molecule has 0 N–H and O–H groups in total. The molecule has 1 amide bonds. The average molecular weight is 446 g/mol. The van der Waals surface area contributed by atoms with E-state index in [2.05, 4.69) is 26.1 Å². The van der Waals surface area contributed by atoms with Gasteiger partial charge in [-0.1, -0.05) is 21.1 Å². The van der Waals surface area contributed by atoms with Crippen molar-refractivity contribution in [3.8, 4) is 22.9 Å². The Morgan fingerprint density at radius 1 is 1.11 bits per heavy atom. The number of nitrogens with zero attached hydrogens (tertiary/aromatic N) is 3. The molecule has 0 bridgehead atoms. The Balaban J connectivity index is 1.77. The van der Waals surface area contributed by atoms with Crippen LogP contribution in [0.5, 0.6) is 11.5 Å². The zero-order valence-electron chi connectivity index (χ0n) is 15.8. The first-order chi connectivity index (χ1) is 13.5. The Morgan fingerprint density at radius 2 is 1.82 bits per heavy atom. The van der Waals surface area contributed by atoms with E-state index in [9.17, 15) is 4.79 Å². The molecule has 8 heteroatoms. The van der Waals surface area contributed by atoms with Crippen molar-refractivity contribution >= 4 is 21.8 Å². The quantitative estimate of drug-likeness (QED) is 0.542. The molecule has 1 aromatic heterocycles. The molecule has 0 fully saturated rings. The fraction of sp³-hybridized carbons (Fsp3) is 0.250. The van der Waals surface area contributed by atoms with E-state index < -0.39 is 0 Å². The van der Waals surface area contributed by atoms with Crippen LogP contribution in [0.1, 0.15) is 23.2 Å². The Morgan fingerprint density at radius 3 is 2.46 bits per heavy atom. The third-order valence-electron chi connectivity index (χ3n) is 4.20. The van der Waals surface area contributed by atoms with E-state index in [-0.39, 0.29) is 12.5 Å². The number of aromatic nitrogens is 2. The predicted octanol–water partition coefficient (Wildman–Crippen LogP) is 4.18. The number of methoxy groups -OCH3 is 2. The molecule has 3 rings (SSSR count). The molecule has 0 aliphatic carbocycles. The number of carbonyl (C=O) groups excluding carboxylic acids is 1. The Hall–Kier alpha value is -2.87. The second-order valence-electron chi connectivity index (χ2n) is 5.91. The maximum Gasteiger partial charge on any atom is 0.254 e. The van der Waals surface area contributed by atoms with Crippen LogP contribution in [0, 0.1) is 0 Å². The van der Waals surface area contributed by atoms with Crippen molar-refractivity contribution in [2.24, 2.45) is 0 Å². The highest BCUT2D eigenvalue weighted by Gasteiger charge is 2.19. The molecule has 28 heavy (non-hydrogen) atoms. The van der Waals surface area contributed by atoms with E-state index in [1.54, 1.807) is 43.4 Å². The van der Waals surface area contributed by atoms with Crippen molar-refractivity contribution in [2.75, 3.05) is 20.8 Å². The minimum absolute atomic E-state index is 0.0964. The molecular formula is C20H20BrN3O4. The zero-order valence-corrected chi connectivity index (χ0v) is 17.4. The SMILES string of the molecule is CCN(Cc1nc(-c2ccc(OC)c(OC)c2)no1)C(=O)c1ccc(Br)cc1. The number of rotatable bonds is 7. The molecule has 0 saturated heterocycles. The largest absolute Gasteiger partial charge is 0.493 e. The van der Waals surface area contributed by atoms with Gasteiger partial charge in [-0.25, -0.2) is 0 Å². The molecule has 7 nitrogen and oxygen atoms in total. The van der Waals surface area contributed by atoms with Crippen molar-refractivity contribution in [1.82, 2.24) is 15.0 Å². The van der Waals surface area contributed by atoms with Gasteiger partial charge in [0, 0.05) is 22.1 Å². The van der Waals surface area contributed by atoms with Crippen molar-refractivity contribution in [2.45, 2.75) is 13.5 Å². The molecule has 0 unspecified atom stereocenters. The van der Waals surface area contributed by atoms with Gasteiger partial charge < -0.3 is 18.9 Å². The van der Waals surface area contributed by atoms with E-state index >= 15 is 0 Å². The number of carbonyl (C=O) groups is 1. The van der Waals surface area contributed by atoms with E-state index in [1.807, 2.05) is 25.1 Å². The average Bonchev–Trinajstić information content (AvgIpc) is 3.20. The molecule has 1 heterocycles. The van der Waals surface area contributed by atoms with Crippen LogP contribution in [-0.2, 0) is 6.54 Å². The van der Waals surface area contributed by atoms with E-state index in [0.717, 1.165) is 10.0 Å². The highest BCUT2D eigenvalue weighted by Crippen LogP contribution is 2.31. The number of amides is 1. The monoisotopic (exact) mass is 445 g/mol. The lowest BCUT2D eigenvalue weighted by Crippen LogP contribution is -2.30. The molecule has 0 spiro atoms. The van der Waals surface area contributed by atoms with Gasteiger partial charge in [0.15, 0.2) is 11.5 Å². The third kappa shape index (κ3) is 4.33. The van der Waals surface area contributed by atoms with Crippen LogP contribution >= 0.6 is 15.9 Å². The zero-order chi connectivity index (χ0) is 20.1. The van der Waals surface area contributed by atoms with Crippen LogP contribution < -0.4 is 9.47 Å². The number of ether oxygens (including phenoxy) is 2. The minimum Gasteiger partial charge on any atom is -0.493 e. The van der Waals surface area contributed by atoms with Gasteiger partial charge in [0.25, 0.3) is 5.91 Å². The lowest BCUT2D eigenvalue weighted by atomic mass is 10.2. The summed E-state index contributed by atoms with van der Waals surface area (Å²) >= 11 is 3.37. The molecule has 3 aromatic rings. The maximum atomic E-state index is 12.7.